The Kier molecular flexibility index (Phi) is 2.30. The van der Waals surface area contributed by atoms with Gasteiger partial charge in [0.15, 0.2) is 0 Å². The van der Waals surface area contributed by atoms with Gasteiger partial charge in [0, 0.05) is 11.8 Å². The summed E-state index contributed by atoms with van der Waals surface area (Å²) in [6.07, 6.45) is 3.39. The molecule has 1 aromatic carbocycles. The van der Waals surface area contributed by atoms with Crippen LogP contribution < -0.4 is 0 Å². The molecule has 0 saturated carbocycles. The lowest BCUT2D eigenvalue weighted by atomic mass is 10.1. The zero-order valence-corrected chi connectivity index (χ0v) is 9.29. The van der Waals surface area contributed by atoms with E-state index < -0.39 is 5.97 Å². The Balaban J connectivity index is 2.06. The average molecular weight is 239 g/mol. The highest BCUT2D eigenvalue weighted by molar-refractivity contribution is 5.88. The minimum Gasteiger partial charge on any atom is -0.478 e. The van der Waals surface area contributed by atoms with E-state index in [1.165, 1.54) is 0 Å². The number of rotatable bonds is 2. The predicted octanol–water partition coefficient (Wildman–Crippen LogP) is 2.32. The highest BCUT2D eigenvalue weighted by atomic mass is 16.4. The molecular formula is C13H9N3O2. The smallest absolute Gasteiger partial charge is 0.335 e. The van der Waals surface area contributed by atoms with Crippen molar-refractivity contribution < 1.29 is 9.90 Å². The van der Waals surface area contributed by atoms with Gasteiger partial charge in [0.25, 0.3) is 0 Å². The van der Waals surface area contributed by atoms with Gasteiger partial charge >= 0.3 is 5.97 Å². The first-order chi connectivity index (χ1) is 8.74. The first kappa shape index (κ1) is 10.5. The number of aromatic nitrogens is 3. The standard InChI is InChI=1S/C13H9N3O2/c17-13(18)9-3-1-8(2-4-9)12-15-10-5-6-14-7-11(10)16-12/h1-7H,(H,15,16)(H,17,18). The fourth-order valence-corrected chi connectivity index (χ4v) is 1.76. The van der Waals surface area contributed by atoms with Gasteiger partial charge in [-0.2, -0.15) is 0 Å². The van der Waals surface area contributed by atoms with Crippen molar-refractivity contribution in [2.24, 2.45) is 0 Å². The van der Waals surface area contributed by atoms with Crippen LogP contribution in [0.25, 0.3) is 22.4 Å². The number of H-pyrrole nitrogens is 1. The molecule has 0 bridgehead atoms. The topological polar surface area (TPSA) is 78.9 Å². The summed E-state index contributed by atoms with van der Waals surface area (Å²) in [5, 5.41) is 8.83. The lowest BCUT2D eigenvalue weighted by Crippen LogP contribution is -1.95. The molecule has 0 aliphatic carbocycles. The van der Waals surface area contributed by atoms with E-state index in [0.717, 1.165) is 16.6 Å². The van der Waals surface area contributed by atoms with Gasteiger partial charge in [-0.3, -0.25) is 4.98 Å². The first-order valence-corrected chi connectivity index (χ1v) is 5.37. The highest BCUT2D eigenvalue weighted by Gasteiger charge is 2.06. The lowest BCUT2D eigenvalue weighted by Gasteiger charge is -1.97. The van der Waals surface area contributed by atoms with Crippen molar-refractivity contribution in [2.45, 2.75) is 0 Å². The fraction of sp³-hybridized carbons (Fsp3) is 0. The number of aromatic carboxylic acids is 1. The Labute approximate surface area is 102 Å². The summed E-state index contributed by atoms with van der Waals surface area (Å²) in [7, 11) is 0. The molecule has 0 atom stereocenters. The Bertz CT molecular complexity index is 683. The number of nitrogens with one attached hydrogen (secondary N) is 1. The predicted molar refractivity (Wildman–Crippen MR) is 66.3 cm³/mol. The van der Waals surface area contributed by atoms with E-state index >= 15 is 0 Å². The third kappa shape index (κ3) is 1.71. The molecule has 3 rings (SSSR count). The molecule has 5 heteroatoms. The maximum absolute atomic E-state index is 10.8. The minimum absolute atomic E-state index is 0.261. The normalized spacial score (nSPS) is 10.7. The van der Waals surface area contributed by atoms with Crippen LogP contribution in [0.3, 0.4) is 0 Å². The zero-order valence-electron chi connectivity index (χ0n) is 9.29. The molecule has 0 saturated heterocycles. The van der Waals surface area contributed by atoms with Gasteiger partial charge in [-0.1, -0.05) is 12.1 Å². The Morgan fingerprint density at radius 3 is 2.61 bits per heavy atom. The van der Waals surface area contributed by atoms with Crippen LogP contribution in [0.5, 0.6) is 0 Å². The summed E-state index contributed by atoms with van der Waals surface area (Å²) < 4.78 is 0. The Morgan fingerprint density at radius 2 is 1.94 bits per heavy atom. The first-order valence-electron chi connectivity index (χ1n) is 5.37. The summed E-state index contributed by atoms with van der Waals surface area (Å²) in [4.78, 5) is 22.3. The highest BCUT2D eigenvalue weighted by Crippen LogP contribution is 2.20. The third-order valence-electron chi connectivity index (χ3n) is 2.69. The van der Waals surface area contributed by atoms with Crippen LogP contribution in [0.15, 0.2) is 42.7 Å². The van der Waals surface area contributed by atoms with E-state index in [0.29, 0.717) is 5.82 Å². The van der Waals surface area contributed by atoms with Crippen molar-refractivity contribution in [2.75, 3.05) is 0 Å². The van der Waals surface area contributed by atoms with Crippen LogP contribution in [0.4, 0.5) is 0 Å². The summed E-state index contributed by atoms with van der Waals surface area (Å²) in [6, 6.07) is 8.40. The second-order valence-electron chi connectivity index (χ2n) is 3.86. The van der Waals surface area contributed by atoms with Crippen LogP contribution in [0.1, 0.15) is 10.4 Å². The molecule has 2 aromatic heterocycles. The second-order valence-corrected chi connectivity index (χ2v) is 3.86. The number of benzene rings is 1. The monoisotopic (exact) mass is 239 g/mol. The van der Waals surface area contributed by atoms with E-state index in [2.05, 4.69) is 15.0 Å². The van der Waals surface area contributed by atoms with E-state index in [4.69, 9.17) is 5.11 Å². The number of carbonyl (C=O) groups is 1. The number of aromatic amines is 1. The van der Waals surface area contributed by atoms with Gasteiger partial charge in [-0.15, -0.1) is 0 Å². The van der Waals surface area contributed by atoms with Crippen molar-refractivity contribution in [3.8, 4) is 11.4 Å². The fourth-order valence-electron chi connectivity index (χ4n) is 1.76. The van der Waals surface area contributed by atoms with Crippen molar-refractivity contribution in [3.05, 3.63) is 48.3 Å². The largest absolute Gasteiger partial charge is 0.478 e. The summed E-state index contributed by atoms with van der Waals surface area (Å²) in [5.74, 6) is -0.231. The number of hydrogen-bond donors (Lipinski definition) is 2. The lowest BCUT2D eigenvalue weighted by molar-refractivity contribution is 0.0697. The average Bonchev–Trinajstić information content (AvgIpc) is 2.82. The van der Waals surface area contributed by atoms with Crippen molar-refractivity contribution in [1.29, 1.82) is 0 Å². The summed E-state index contributed by atoms with van der Waals surface area (Å²) in [5.41, 5.74) is 2.80. The maximum atomic E-state index is 10.8. The molecule has 3 aromatic rings. The Morgan fingerprint density at radius 1 is 1.17 bits per heavy atom. The molecule has 0 fully saturated rings. The van der Waals surface area contributed by atoms with Crippen LogP contribution in [-0.2, 0) is 0 Å². The number of carboxylic acid groups (broad SMARTS) is 1. The number of hydrogen-bond acceptors (Lipinski definition) is 3. The van der Waals surface area contributed by atoms with Gasteiger partial charge in [0.2, 0.25) is 0 Å². The van der Waals surface area contributed by atoms with Crippen molar-refractivity contribution in [3.63, 3.8) is 0 Å². The molecule has 5 nitrogen and oxygen atoms in total. The van der Waals surface area contributed by atoms with Crippen LogP contribution in [0.2, 0.25) is 0 Å². The molecule has 2 N–H and O–H groups in total. The van der Waals surface area contributed by atoms with Crippen molar-refractivity contribution in [1.82, 2.24) is 15.0 Å². The van der Waals surface area contributed by atoms with Gasteiger partial charge in [0.1, 0.15) is 5.82 Å². The number of nitrogens with zero attached hydrogens (tertiary/aromatic N) is 2. The SMILES string of the molecule is O=C(O)c1ccc(-c2nc3ccncc3[nH]2)cc1. The van der Waals surface area contributed by atoms with Crippen LogP contribution >= 0.6 is 0 Å². The third-order valence-corrected chi connectivity index (χ3v) is 2.69. The number of imidazole rings is 1. The van der Waals surface area contributed by atoms with Crippen molar-refractivity contribution >= 4 is 17.0 Å². The minimum atomic E-state index is -0.935. The van der Waals surface area contributed by atoms with E-state index in [-0.39, 0.29) is 5.56 Å². The van der Waals surface area contributed by atoms with Gasteiger partial charge in [0.05, 0.1) is 22.8 Å². The number of pyridine rings is 1. The van der Waals surface area contributed by atoms with Gasteiger partial charge in [-0.05, 0) is 18.2 Å². The summed E-state index contributed by atoms with van der Waals surface area (Å²) in [6.45, 7) is 0. The zero-order chi connectivity index (χ0) is 12.5. The van der Waals surface area contributed by atoms with Crippen LogP contribution in [0, 0.1) is 0 Å². The van der Waals surface area contributed by atoms with E-state index in [1.807, 2.05) is 6.07 Å². The van der Waals surface area contributed by atoms with Gasteiger partial charge in [-0.25, -0.2) is 9.78 Å². The Hall–Kier alpha value is -2.69. The molecule has 18 heavy (non-hydrogen) atoms. The molecule has 0 aliphatic rings. The number of carboxylic acids is 1. The molecule has 88 valence electrons. The molecule has 0 unspecified atom stereocenters. The van der Waals surface area contributed by atoms with Gasteiger partial charge < -0.3 is 10.1 Å². The second kappa shape index (κ2) is 3.96. The molecule has 0 spiro atoms. The molecule has 0 aliphatic heterocycles. The molecule has 0 radical (unpaired) electrons. The van der Waals surface area contributed by atoms with E-state index in [9.17, 15) is 4.79 Å². The van der Waals surface area contributed by atoms with E-state index in [1.54, 1.807) is 36.7 Å². The van der Waals surface area contributed by atoms with Crippen LogP contribution in [-0.4, -0.2) is 26.0 Å². The quantitative estimate of drug-likeness (QED) is 0.719. The summed E-state index contributed by atoms with van der Waals surface area (Å²) >= 11 is 0. The maximum Gasteiger partial charge on any atom is 0.335 e. The molecule has 2 heterocycles. The molecular weight excluding hydrogens is 230 g/mol. The molecule has 0 amide bonds. The number of fused-ring (bicyclic) bond motifs is 1.